The summed E-state index contributed by atoms with van der Waals surface area (Å²) in [5.41, 5.74) is 0.526. The summed E-state index contributed by atoms with van der Waals surface area (Å²) in [5, 5.41) is 1.93. The first kappa shape index (κ1) is 20.0. The molecule has 0 unspecified atom stereocenters. The number of fused-ring (bicyclic) bond motifs is 1. The third kappa shape index (κ3) is 5.59. The van der Waals surface area contributed by atoms with Gasteiger partial charge in [0.15, 0.2) is 0 Å². The largest absolute Gasteiger partial charge is 0.496 e. The Bertz CT molecular complexity index is 710. The number of ether oxygens (including phenoxy) is 2. The summed E-state index contributed by atoms with van der Waals surface area (Å²) in [6, 6.07) is 9.76. The lowest BCUT2D eigenvalue weighted by Crippen LogP contribution is -2.09. The summed E-state index contributed by atoms with van der Waals surface area (Å²) in [6.07, 6.45) is 5.73. The van der Waals surface area contributed by atoms with E-state index >= 15 is 0 Å². The number of unbranched alkanes of at least 4 members (excludes halogenated alkanes) is 3. The molecule has 2 aromatic carbocycles. The molecule has 0 aromatic heterocycles. The lowest BCUT2D eigenvalue weighted by Gasteiger charge is -2.12. The Hall–Kier alpha value is -1.30. The number of carbonyl (C=O) groups excluding carboxylic acids is 1. The van der Waals surface area contributed by atoms with Crippen molar-refractivity contribution < 1.29 is 14.3 Å². The minimum absolute atomic E-state index is 0.299. The second-order valence-corrected chi connectivity index (χ2v) is 7.87. The molecule has 2 aromatic rings. The molecule has 0 aliphatic rings. The number of hydrogen-bond acceptors (Lipinski definition) is 3. The normalized spacial score (nSPS) is 11.1. The zero-order valence-corrected chi connectivity index (χ0v) is 17.5. The molecule has 0 N–H and O–H groups in total. The Morgan fingerprint density at radius 2 is 1.80 bits per heavy atom. The fraction of sp³-hybridized carbons (Fsp3) is 0.476. The van der Waals surface area contributed by atoms with E-state index in [4.69, 9.17) is 9.47 Å². The van der Waals surface area contributed by atoms with Gasteiger partial charge < -0.3 is 9.47 Å². The Labute approximate surface area is 164 Å². The molecule has 0 aliphatic carbocycles. The molecule has 0 amide bonds. The monoisotopic (exact) mass is 454 g/mol. The molecule has 0 atom stereocenters. The van der Waals surface area contributed by atoms with E-state index in [1.54, 1.807) is 7.11 Å². The Kier molecular flexibility index (Phi) is 8.00. The lowest BCUT2D eigenvalue weighted by molar-refractivity contribution is 0.0496. The molecule has 4 heteroatoms. The third-order valence-corrected chi connectivity index (χ3v) is 5.24. The van der Waals surface area contributed by atoms with Crippen LogP contribution in [0.2, 0.25) is 0 Å². The van der Waals surface area contributed by atoms with Crippen molar-refractivity contribution in [3.05, 3.63) is 39.5 Å². The molecule has 136 valence electrons. The van der Waals surface area contributed by atoms with Gasteiger partial charge in [0, 0.05) is 8.96 Å². The minimum atomic E-state index is -0.299. The molecule has 0 fully saturated rings. The Balaban J connectivity index is 1.98. The van der Waals surface area contributed by atoms with Gasteiger partial charge in [-0.05, 0) is 58.5 Å². The summed E-state index contributed by atoms with van der Waals surface area (Å²) in [5.74, 6) is 1.03. The fourth-order valence-electron chi connectivity index (χ4n) is 2.93. The maximum absolute atomic E-state index is 12.6. The van der Waals surface area contributed by atoms with E-state index in [2.05, 4.69) is 36.4 Å². The molecule has 0 bridgehead atoms. The van der Waals surface area contributed by atoms with Crippen LogP contribution in [0.4, 0.5) is 0 Å². The van der Waals surface area contributed by atoms with Crippen LogP contribution in [-0.2, 0) is 4.74 Å². The zero-order chi connectivity index (χ0) is 18.2. The van der Waals surface area contributed by atoms with Crippen molar-refractivity contribution in [3.63, 3.8) is 0 Å². The van der Waals surface area contributed by atoms with E-state index in [1.165, 1.54) is 19.3 Å². The summed E-state index contributed by atoms with van der Waals surface area (Å²) < 4.78 is 12.0. The number of hydrogen-bond donors (Lipinski definition) is 0. The molecule has 2 rings (SSSR count). The maximum Gasteiger partial charge on any atom is 0.342 e. The summed E-state index contributed by atoms with van der Waals surface area (Å²) >= 11 is 2.28. The van der Waals surface area contributed by atoms with E-state index in [0.29, 0.717) is 17.9 Å². The first-order valence-corrected chi connectivity index (χ1v) is 10.0. The van der Waals surface area contributed by atoms with Crippen LogP contribution in [0.1, 0.15) is 56.3 Å². The standard InChI is InChI=1S/C21H27IO3/c1-15(2)9-6-4-5-7-14-25-21(23)20-17-10-8-11-18(22)16(17)12-13-19(20)24-3/h8,10-13,15H,4-7,9,14H2,1-3H3. The van der Waals surface area contributed by atoms with E-state index in [-0.39, 0.29) is 5.97 Å². The highest BCUT2D eigenvalue weighted by atomic mass is 127. The van der Waals surface area contributed by atoms with Gasteiger partial charge in [0.25, 0.3) is 0 Å². The number of rotatable bonds is 9. The first-order valence-electron chi connectivity index (χ1n) is 8.97. The number of methoxy groups -OCH3 is 1. The molecule has 0 heterocycles. The molecule has 3 nitrogen and oxygen atoms in total. The van der Waals surface area contributed by atoms with Crippen molar-refractivity contribution in [1.29, 1.82) is 0 Å². The summed E-state index contributed by atoms with van der Waals surface area (Å²) in [4.78, 5) is 12.6. The highest BCUT2D eigenvalue weighted by molar-refractivity contribution is 14.1. The van der Waals surface area contributed by atoms with Crippen molar-refractivity contribution >= 4 is 39.3 Å². The first-order chi connectivity index (χ1) is 12.0. The smallest absolute Gasteiger partial charge is 0.342 e. The van der Waals surface area contributed by atoms with Gasteiger partial charge in [-0.25, -0.2) is 4.79 Å². The van der Waals surface area contributed by atoms with E-state index in [1.807, 2.05) is 30.3 Å². The van der Waals surface area contributed by atoms with Crippen molar-refractivity contribution in [2.24, 2.45) is 5.92 Å². The van der Waals surface area contributed by atoms with Crippen molar-refractivity contribution in [3.8, 4) is 5.75 Å². The minimum Gasteiger partial charge on any atom is -0.496 e. The predicted octanol–water partition coefficient (Wildman–Crippen LogP) is 6.22. The third-order valence-electron chi connectivity index (χ3n) is 4.30. The van der Waals surface area contributed by atoms with Crippen molar-refractivity contribution in [1.82, 2.24) is 0 Å². The number of carbonyl (C=O) groups is 1. The van der Waals surface area contributed by atoms with Crippen molar-refractivity contribution in [2.45, 2.75) is 46.0 Å². The number of benzene rings is 2. The van der Waals surface area contributed by atoms with E-state index in [9.17, 15) is 4.79 Å². The Morgan fingerprint density at radius 1 is 1.04 bits per heavy atom. The molecule has 0 spiro atoms. The van der Waals surface area contributed by atoms with Gasteiger partial charge in [-0.1, -0.05) is 51.7 Å². The topological polar surface area (TPSA) is 35.5 Å². The fourth-order valence-corrected chi connectivity index (χ4v) is 3.60. The zero-order valence-electron chi connectivity index (χ0n) is 15.3. The molecular formula is C21H27IO3. The van der Waals surface area contributed by atoms with Gasteiger partial charge in [-0.3, -0.25) is 0 Å². The highest BCUT2D eigenvalue weighted by Gasteiger charge is 2.18. The van der Waals surface area contributed by atoms with Gasteiger partial charge in [0.2, 0.25) is 0 Å². The SMILES string of the molecule is COc1ccc2c(I)cccc2c1C(=O)OCCCCCCC(C)C. The molecule has 25 heavy (non-hydrogen) atoms. The lowest BCUT2D eigenvalue weighted by atomic mass is 10.0. The van der Waals surface area contributed by atoms with Crippen LogP contribution < -0.4 is 4.74 Å². The predicted molar refractivity (Wildman–Crippen MR) is 111 cm³/mol. The number of halogens is 1. The second kappa shape index (κ2) is 10.00. The molecule has 0 saturated heterocycles. The summed E-state index contributed by atoms with van der Waals surface area (Å²) in [6.45, 7) is 4.96. The molecular weight excluding hydrogens is 427 g/mol. The van der Waals surface area contributed by atoms with E-state index < -0.39 is 0 Å². The van der Waals surface area contributed by atoms with Gasteiger partial charge in [0.1, 0.15) is 11.3 Å². The van der Waals surface area contributed by atoms with Gasteiger partial charge in [-0.15, -0.1) is 0 Å². The van der Waals surface area contributed by atoms with Crippen LogP contribution in [0.5, 0.6) is 5.75 Å². The van der Waals surface area contributed by atoms with Crippen LogP contribution in [0, 0.1) is 9.49 Å². The van der Waals surface area contributed by atoms with Gasteiger partial charge in [-0.2, -0.15) is 0 Å². The highest BCUT2D eigenvalue weighted by Crippen LogP contribution is 2.31. The maximum atomic E-state index is 12.6. The van der Waals surface area contributed by atoms with Gasteiger partial charge in [0.05, 0.1) is 13.7 Å². The number of esters is 1. The van der Waals surface area contributed by atoms with E-state index in [0.717, 1.165) is 33.1 Å². The molecule has 0 aliphatic heterocycles. The van der Waals surface area contributed by atoms with Crippen molar-refractivity contribution in [2.75, 3.05) is 13.7 Å². The molecule has 0 radical (unpaired) electrons. The average molecular weight is 454 g/mol. The quantitative estimate of drug-likeness (QED) is 0.257. The molecule has 0 saturated carbocycles. The van der Waals surface area contributed by atoms with Crippen LogP contribution in [0.3, 0.4) is 0 Å². The second-order valence-electron chi connectivity index (χ2n) is 6.71. The van der Waals surface area contributed by atoms with Crippen LogP contribution in [0.15, 0.2) is 30.3 Å². The summed E-state index contributed by atoms with van der Waals surface area (Å²) in [7, 11) is 1.58. The van der Waals surface area contributed by atoms with Crippen LogP contribution in [0.25, 0.3) is 10.8 Å². The average Bonchev–Trinajstić information content (AvgIpc) is 2.59. The van der Waals surface area contributed by atoms with Gasteiger partial charge >= 0.3 is 5.97 Å². The Morgan fingerprint density at radius 3 is 2.52 bits per heavy atom. The van der Waals surface area contributed by atoms with Crippen LogP contribution >= 0.6 is 22.6 Å². The van der Waals surface area contributed by atoms with Crippen LogP contribution in [-0.4, -0.2) is 19.7 Å².